The Morgan fingerprint density at radius 1 is 0.484 bits per heavy atom. The quantitative estimate of drug-likeness (QED) is 0.0898. The number of aromatic nitrogens is 2. The van der Waals surface area contributed by atoms with Gasteiger partial charge in [0.15, 0.2) is 0 Å². The van der Waals surface area contributed by atoms with Crippen LogP contribution in [0.25, 0.3) is 22.4 Å². The number of para-hydroxylation sites is 7. The second-order valence-corrected chi connectivity index (χ2v) is 17.8. The van der Waals surface area contributed by atoms with E-state index in [2.05, 4.69) is 245 Å². The fourth-order valence-electron chi connectivity index (χ4n) is 9.70. The monoisotopic (exact) mass is 994 g/mol. The molecule has 0 spiro atoms. The van der Waals surface area contributed by atoms with Crippen molar-refractivity contribution in [3.05, 3.63) is 210 Å². The van der Waals surface area contributed by atoms with Gasteiger partial charge in [-0.3, -0.25) is 16.2 Å². The minimum atomic E-state index is 0. The maximum absolute atomic E-state index is 4.38. The van der Waals surface area contributed by atoms with Crippen LogP contribution in [0.5, 0.6) is 0 Å². The summed E-state index contributed by atoms with van der Waals surface area (Å²) in [5.41, 5.74) is 20.4. The average Bonchev–Trinajstić information content (AvgIpc) is 3.66. The van der Waals surface area contributed by atoms with Gasteiger partial charge in [-0.25, -0.2) is 0 Å². The van der Waals surface area contributed by atoms with Gasteiger partial charge in [-0.1, -0.05) is 177 Å². The molecule has 1 aromatic heterocycles. The number of nitrogens with zero attached hydrogens (tertiary/aromatic N) is 4. The van der Waals surface area contributed by atoms with E-state index in [1.165, 1.54) is 89.8 Å². The van der Waals surface area contributed by atoms with Crippen LogP contribution in [0, 0.1) is 13.4 Å². The molecule has 10 rings (SSSR count). The number of hydrogen-bond donors (Lipinski definition) is 0. The van der Waals surface area contributed by atoms with Crippen LogP contribution in [-0.2, 0) is 22.4 Å². The summed E-state index contributed by atoms with van der Waals surface area (Å²) in [6.07, 6.45) is 3.84. The van der Waals surface area contributed by atoms with Crippen molar-refractivity contribution >= 4 is 39.5 Å². The molecule has 2 aliphatic rings. The number of hydrogen-bond acceptors (Lipinski definition) is 2. The summed E-state index contributed by atoms with van der Waals surface area (Å²) in [6.45, 7) is 18.3. The SMILES string of the molecule is CC(C)c1cccc(C(C)C)c1-n1[c-][n+](-c2c(C(C)C)cccc2C(C)C)c2ccccc21.[Au].[CH2-]N1c2ccccc2C2c3ccccc3N(c3ccccc3)c3cccc1c32. The molecule has 3 heterocycles. The molecule has 7 aromatic carbocycles. The van der Waals surface area contributed by atoms with E-state index in [1.807, 2.05) is 0 Å². The van der Waals surface area contributed by atoms with E-state index in [4.69, 9.17) is 0 Å². The molecule has 0 fully saturated rings. The van der Waals surface area contributed by atoms with Crippen molar-refractivity contribution in [1.82, 2.24) is 4.57 Å². The molecule has 4 nitrogen and oxygen atoms in total. The summed E-state index contributed by atoms with van der Waals surface area (Å²) >= 11 is 0. The van der Waals surface area contributed by atoms with Gasteiger partial charge in [0.2, 0.25) is 0 Å². The third-order valence-electron chi connectivity index (χ3n) is 12.6. The Morgan fingerprint density at radius 3 is 1.56 bits per heavy atom. The van der Waals surface area contributed by atoms with Crippen molar-refractivity contribution in [3.8, 4) is 11.4 Å². The number of imidazole rings is 1. The first-order valence-corrected chi connectivity index (χ1v) is 22.0. The molecule has 0 bridgehead atoms. The van der Waals surface area contributed by atoms with Crippen molar-refractivity contribution in [2.24, 2.45) is 0 Å². The second kappa shape index (κ2) is 17.6. The Kier molecular flexibility index (Phi) is 12.2. The Morgan fingerprint density at radius 2 is 0.952 bits per heavy atom. The zero-order valence-electron chi connectivity index (χ0n) is 37.2. The van der Waals surface area contributed by atoms with E-state index >= 15 is 0 Å². The fraction of sp³-hybridized carbons (Fsp3) is 0.228. The van der Waals surface area contributed by atoms with Crippen molar-refractivity contribution < 1.29 is 26.9 Å². The molecule has 1 radical (unpaired) electrons. The molecule has 1 unspecified atom stereocenters. The molecule has 0 aliphatic carbocycles. The van der Waals surface area contributed by atoms with Crippen LogP contribution < -0.4 is 14.4 Å². The fourth-order valence-corrected chi connectivity index (χ4v) is 9.70. The predicted octanol–water partition coefficient (Wildman–Crippen LogP) is 15.1. The van der Waals surface area contributed by atoms with Crippen LogP contribution in [0.15, 0.2) is 158 Å². The number of anilines is 5. The molecule has 8 aromatic rings. The zero-order valence-corrected chi connectivity index (χ0v) is 39.4. The second-order valence-electron chi connectivity index (χ2n) is 17.8. The Bertz CT molecular complexity index is 2720. The molecule has 2 aliphatic heterocycles. The number of rotatable bonds is 7. The Balaban J connectivity index is 0.000000170. The van der Waals surface area contributed by atoms with E-state index in [0.29, 0.717) is 23.7 Å². The Labute approximate surface area is 385 Å². The molecule has 0 N–H and O–H groups in total. The maximum Gasteiger partial charge on any atom is 0.269 e. The van der Waals surface area contributed by atoms with Gasteiger partial charge < -0.3 is 9.80 Å². The van der Waals surface area contributed by atoms with Crippen LogP contribution in [0.1, 0.15) is 124 Å². The number of benzene rings is 7. The molecule has 62 heavy (non-hydrogen) atoms. The largest absolute Gasteiger partial charge is 0.496 e. The average molecular weight is 995 g/mol. The smallest absolute Gasteiger partial charge is 0.269 e. The minimum Gasteiger partial charge on any atom is -0.496 e. The topological polar surface area (TPSA) is 15.3 Å². The summed E-state index contributed by atoms with van der Waals surface area (Å²) in [6, 6.07) is 56.9. The standard InChI is InChI=1S/C31H38N2.C26H19N2.Au/c1-20(2)24-13-11-14-25(21(3)4)30(24)32-19-33(29-18-10-9-17-28(29)32)31-26(22(5)6)15-12-16-27(31)23(7)8;1-27-21-14-7-5-12-19(21)25-20-13-6-8-15-22(20)28(18-10-3-2-4-11-18)24-17-9-16-23(27)26(24)25;/h9-18,20-23H,1-8H3;2-17,25H,1H2;/q;-1;. The molecule has 5 heteroatoms. The predicted molar refractivity (Wildman–Crippen MR) is 256 cm³/mol. The van der Waals surface area contributed by atoms with E-state index < -0.39 is 0 Å². The zero-order chi connectivity index (χ0) is 42.5. The summed E-state index contributed by atoms with van der Waals surface area (Å²) in [5.74, 6) is 1.93. The first-order valence-electron chi connectivity index (χ1n) is 22.0. The van der Waals surface area contributed by atoms with Crippen molar-refractivity contribution in [2.75, 3.05) is 9.80 Å². The molecule has 0 amide bonds. The molecule has 317 valence electrons. The summed E-state index contributed by atoms with van der Waals surface area (Å²) in [7, 11) is 4.38. The van der Waals surface area contributed by atoms with Gasteiger partial charge in [0.05, 0.1) is 33.8 Å². The summed E-state index contributed by atoms with van der Waals surface area (Å²) < 4.78 is 4.64. The van der Waals surface area contributed by atoms with Crippen LogP contribution in [0.2, 0.25) is 0 Å². The van der Waals surface area contributed by atoms with Gasteiger partial charge in [-0.05, 0) is 93.5 Å². The van der Waals surface area contributed by atoms with Crippen molar-refractivity contribution in [1.29, 1.82) is 0 Å². The van der Waals surface area contributed by atoms with E-state index in [-0.39, 0.29) is 28.3 Å². The van der Waals surface area contributed by atoms with Crippen LogP contribution >= 0.6 is 0 Å². The van der Waals surface area contributed by atoms with E-state index in [9.17, 15) is 0 Å². The van der Waals surface area contributed by atoms with Gasteiger partial charge in [-0.2, -0.15) is 0 Å². The van der Waals surface area contributed by atoms with Crippen molar-refractivity contribution in [2.45, 2.75) is 85.0 Å². The van der Waals surface area contributed by atoms with Gasteiger partial charge in [-0.15, -0.1) is 0 Å². The number of fused-ring (bicyclic) bond motifs is 5. The molecule has 0 saturated carbocycles. The van der Waals surface area contributed by atoms with Crippen molar-refractivity contribution in [3.63, 3.8) is 0 Å². The third-order valence-corrected chi connectivity index (χ3v) is 12.6. The summed E-state index contributed by atoms with van der Waals surface area (Å²) in [5, 5.41) is 0. The van der Waals surface area contributed by atoms with Gasteiger partial charge in [0.25, 0.3) is 6.33 Å². The Hall–Kier alpha value is -5.65. The maximum atomic E-state index is 4.38. The van der Waals surface area contributed by atoms with E-state index in [0.717, 1.165) is 0 Å². The van der Waals surface area contributed by atoms with Crippen LogP contribution in [0.3, 0.4) is 0 Å². The van der Waals surface area contributed by atoms with E-state index in [1.54, 1.807) is 0 Å². The molecular weight excluding hydrogens is 938 g/mol. The minimum absolute atomic E-state index is 0. The molecular formula is C57H57AuN4-. The molecule has 0 saturated heterocycles. The van der Waals surface area contributed by atoms with Gasteiger partial charge in [0.1, 0.15) is 0 Å². The van der Waals surface area contributed by atoms with Gasteiger partial charge in [0, 0.05) is 50.9 Å². The first-order chi connectivity index (χ1) is 29.6. The summed E-state index contributed by atoms with van der Waals surface area (Å²) in [4.78, 5) is 4.47. The normalized spacial score (nSPS) is 13.8. The van der Waals surface area contributed by atoms with Gasteiger partial charge >= 0.3 is 0 Å². The molecule has 1 atom stereocenters. The van der Waals surface area contributed by atoms with Crippen LogP contribution in [0.4, 0.5) is 28.4 Å². The van der Waals surface area contributed by atoms with Crippen LogP contribution in [-0.4, -0.2) is 4.57 Å². The third kappa shape index (κ3) is 7.32. The first kappa shape index (κ1) is 43.0.